The summed E-state index contributed by atoms with van der Waals surface area (Å²) < 4.78 is 0. The molecule has 2 fully saturated rings. The normalized spacial score (nSPS) is 31.0. The Hall–Kier alpha value is -0.860. The Balaban J connectivity index is 1.73. The van der Waals surface area contributed by atoms with E-state index in [1.807, 2.05) is 0 Å². The molecule has 0 amide bonds. The van der Waals surface area contributed by atoms with Gasteiger partial charge in [0.25, 0.3) is 0 Å². The van der Waals surface area contributed by atoms with Crippen LogP contribution in [0.2, 0.25) is 0 Å². The van der Waals surface area contributed by atoms with Crippen LogP contribution in [0.4, 0.5) is 0 Å². The summed E-state index contributed by atoms with van der Waals surface area (Å²) in [7, 11) is 0. The van der Waals surface area contributed by atoms with Crippen molar-refractivity contribution in [1.29, 1.82) is 0 Å². The van der Waals surface area contributed by atoms with E-state index in [2.05, 4.69) is 35.4 Å². The van der Waals surface area contributed by atoms with Gasteiger partial charge in [-0.15, -0.1) is 0 Å². The molecule has 2 heteroatoms. The molecule has 0 N–H and O–H groups in total. The van der Waals surface area contributed by atoms with Gasteiger partial charge in [-0.05, 0) is 24.8 Å². The molecule has 2 atom stereocenters. The molecule has 1 aromatic carbocycles. The summed E-state index contributed by atoms with van der Waals surface area (Å²) in [6.07, 6.45) is 6.80. The molecule has 2 heterocycles. The van der Waals surface area contributed by atoms with Crippen LogP contribution < -0.4 is 0 Å². The van der Waals surface area contributed by atoms with Crippen molar-refractivity contribution in [2.45, 2.75) is 44.2 Å². The maximum atomic E-state index is 6.06. The largest absolute Gasteiger partial charge is 0.291 e. The molecule has 2 saturated heterocycles. The Kier molecular flexibility index (Phi) is 2.94. The van der Waals surface area contributed by atoms with Crippen molar-refractivity contribution in [2.75, 3.05) is 6.54 Å². The first-order chi connectivity index (χ1) is 7.93. The number of benzene rings is 1. The summed E-state index contributed by atoms with van der Waals surface area (Å²) in [4.78, 5) is 6.06. The van der Waals surface area contributed by atoms with Crippen molar-refractivity contribution in [3.05, 3.63) is 35.9 Å². The number of hydrogen-bond acceptors (Lipinski definition) is 2. The average Bonchev–Trinajstić information content (AvgIpc) is 2.62. The van der Waals surface area contributed by atoms with Gasteiger partial charge in [0.1, 0.15) is 6.10 Å². The highest BCUT2D eigenvalue weighted by atomic mass is 16.7. The molecule has 0 radical (unpaired) electrons. The molecule has 0 unspecified atom stereocenters. The third-order valence-electron chi connectivity index (χ3n) is 3.74. The van der Waals surface area contributed by atoms with E-state index in [4.69, 9.17) is 4.84 Å². The van der Waals surface area contributed by atoms with Crippen LogP contribution in [0.15, 0.2) is 30.3 Å². The van der Waals surface area contributed by atoms with E-state index in [-0.39, 0.29) is 0 Å². The molecular formula is C14H19NO. The highest BCUT2D eigenvalue weighted by Crippen LogP contribution is 2.36. The summed E-state index contributed by atoms with van der Waals surface area (Å²) in [5, 5.41) is 2.24. The molecule has 86 valence electrons. The van der Waals surface area contributed by atoms with E-state index < -0.39 is 0 Å². The van der Waals surface area contributed by atoms with Crippen LogP contribution in [0.1, 0.15) is 43.8 Å². The Bertz CT molecular complexity index is 324. The Morgan fingerprint density at radius 1 is 1.06 bits per heavy atom. The van der Waals surface area contributed by atoms with E-state index in [0.717, 1.165) is 6.54 Å². The average molecular weight is 217 g/mol. The maximum absolute atomic E-state index is 6.06. The quantitative estimate of drug-likeness (QED) is 0.715. The second-order valence-electron chi connectivity index (χ2n) is 4.88. The molecule has 2 aliphatic heterocycles. The molecule has 3 rings (SSSR count). The molecule has 0 aromatic heterocycles. The van der Waals surface area contributed by atoms with Crippen LogP contribution in [0.3, 0.4) is 0 Å². The van der Waals surface area contributed by atoms with Gasteiger partial charge < -0.3 is 0 Å². The van der Waals surface area contributed by atoms with Crippen molar-refractivity contribution in [3.63, 3.8) is 0 Å². The summed E-state index contributed by atoms with van der Waals surface area (Å²) in [6.45, 7) is 1.12. The van der Waals surface area contributed by atoms with E-state index in [0.29, 0.717) is 12.1 Å². The smallest absolute Gasteiger partial charge is 0.106 e. The van der Waals surface area contributed by atoms with Crippen LogP contribution in [-0.2, 0) is 4.84 Å². The fourth-order valence-electron chi connectivity index (χ4n) is 2.84. The molecular weight excluding hydrogens is 198 g/mol. The Morgan fingerprint density at radius 2 is 1.94 bits per heavy atom. The lowest BCUT2D eigenvalue weighted by Crippen LogP contribution is -2.27. The summed E-state index contributed by atoms with van der Waals surface area (Å²) in [5.41, 5.74) is 1.33. The summed E-state index contributed by atoms with van der Waals surface area (Å²) >= 11 is 0. The summed E-state index contributed by atoms with van der Waals surface area (Å²) in [6, 6.07) is 11.3. The zero-order chi connectivity index (χ0) is 10.8. The Labute approximate surface area is 97.2 Å². The van der Waals surface area contributed by atoms with Crippen LogP contribution in [0, 0.1) is 0 Å². The predicted octanol–water partition coefficient (Wildman–Crippen LogP) is 3.31. The van der Waals surface area contributed by atoms with Crippen molar-refractivity contribution >= 4 is 0 Å². The topological polar surface area (TPSA) is 12.5 Å². The van der Waals surface area contributed by atoms with Crippen molar-refractivity contribution in [1.82, 2.24) is 5.06 Å². The third-order valence-corrected chi connectivity index (χ3v) is 3.74. The van der Waals surface area contributed by atoms with Gasteiger partial charge in [0, 0.05) is 12.6 Å². The van der Waals surface area contributed by atoms with Gasteiger partial charge >= 0.3 is 0 Å². The number of rotatable bonds is 1. The van der Waals surface area contributed by atoms with E-state index in [9.17, 15) is 0 Å². The van der Waals surface area contributed by atoms with Crippen LogP contribution in [0.25, 0.3) is 0 Å². The first kappa shape index (κ1) is 10.3. The molecule has 0 spiro atoms. The van der Waals surface area contributed by atoms with Crippen LogP contribution in [0.5, 0.6) is 0 Å². The van der Waals surface area contributed by atoms with Gasteiger partial charge in [-0.2, -0.15) is 5.06 Å². The van der Waals surface area contributed by atoms with Gasteiger partial charge in [0.2, 0.25) is 0 Å². The van der Waals surface area contributed by atoms with E-state index in [1.54, 1.807) is 0 Å². The first-order valence-corrected chi connectivity index (χ1v) is 6.42. The fourth-order valence-corrected chi connectivity index (χ4v) is 2.84. The fraction of sp³-hybridized carbons (Fsp3) is 0.571. The summed E-state index contributed by atoms with van der Waals surface area (Å²) in [5.74, 6) is 0. The number of hydroxylamine groups is 2. The zero-order valence-electron chi connectivity index (χ0n) is 9.64. The van der Waals surface area contributed by atoms with Crippen LogP contribution in [-0.4, -0.2) is 17.6 Å². The molecule has 16 heavy (non-hydrogen) atoms. The highest BCUT2D eigenvalue weighted by Gasteiger charge is 2.34. The number of nitrogens with zero attached hydrogens (tertiary/aromatic N) is 1. The lowest BCUT2D eigenvalue weighted by molar-refractivity contribution is -0.162. The second kappa shape index (κ2) is 4.56. The second-order valence-corrected chi connectivity index (χ2v) is 4.88. The van der Waals surface area contributed by atoms with Gasteiger partial charge in [0.15, 0.2) is 0 Å². The minimum absolute atomic E-state index is 0.296. The van der Waals surface area contributed by atoms with Gasteiger partial charge in [0.05, 0.1) is 0 Å². The molecule has 2 aliphatic rings. The third kappa shape index (κ3) is 2.00. The lowest BCUT2D eigenvalue weighted by atomic mass is 10.0. The zero-order valence-corrected chi connectivity index (χ0v) is 9.64. The predicted molar refractivity (Wildman–Crippen MR) is 63.8 cm³/mol. The molecule has 1 aromatic rings. The van der Waals surface area contributed by atoms with Crippen LogP contribution >= 0.6 is 0 Å². The minimum Gasteiger partial charge on any atom is -0.291 e. The molecule has 0 bridgehead atoms. The number of fused-ring (bicyclic) bond motifs is 1. The highest BCUT2D eigenvalue weighted by molar-refractivity contribution is 5.18. The first-order valence-electron chi connectivity index (χ1n) is 6.42. The maximum Gasteiger partial charge on any atom is 0.106 e. The number of hydrogen-bond donors (Lipinski definition) is 0. The van der Waals surface area contributed by atoms with Crippen molar-refractivity contribution in [3.8, 4) is 0 Å². The van der Waals surface area contributed by atoms with E-state index >= 15 is 0 Å². The molecule has 2 nitrogen and oxygen atoms in total. The van der Waals surface area contributed by atoms with Crippen molar-refractivity contribution in [2.24, 2.45) is 0 Å². The van der Waals surface area contributed by atoms with Crippen molar-refractivity contribution < 1.29 is 4.84 Å². The molecule has 0 saturated carbocycles. The van der Waals surface area contributed by atoms with E-state index in [1.165, 1.54) is 37.7 Å². The standard InChI is InChI=1S/C14H19NO/c1-3-7-12(8-4-1)14-11-13-9-5-2-6-10-15(13)16-14/h1,3-4,7-8,13-14H,2,5-6,9-11H2/t13-,14+/m0/s1. The van der Waals surface area contributed by atoms with Gasteiger partial charge in [-0.3, -0.25) is 4.84 Å². The monoisotopic (exact) mass is 217 g/mol. The minimum atomic E-state index is 0.296. The lowest BCUT2D eigenvalue weighted by Gasteiger charge is -2.19. The SMILES string of the molecule is c1ccc([C@H]2C[C@@H]3CCCCCN3O2)cc1. The van der Waals surface area contributed by atoms with Gasteiger partial charge in [-0.1, -0.05) is 43.2 Å². The Morgan fingerprint density at radius 3 is 2.81 bits per heavy atom. The van der Waals surface area contributed by atoms with Gasteiger partial charge in [-0.25, -0.2) is 0 Å². The molecule has 0 aliphatic carbocycles.